The minimum Gasteiger partial charge on any atom is -0.494 e. The molecule has 0 saturated carbocycles. The number of ether oxygens (including phenoxy) is 1. The molecule has 0 radical (unpaired) electrons. The van der Waals surface area contributed by atoms with E-state index in [1.54, 1.807) is 0 Å². The predicted octanol–water partition coefficient (Wildman–Crippen LogP) is 2.07. The normalized spacial score (nSPS) is 10.0. The number of carboxylic acids is 1. The van der Waals surface area contributed by atoms with Gasteiger partial charge in [0.25, 0.3) is 0 Å². The van der Waals surface area contributed by atoms with Gasteiger partial charge in [-0.25, -0.2) is 19.2 Å². The highest BCUT2D eigenvalue weighted by atomic mass is 19.1. The van der Waals surface area contributed by atoms with Crippen LogP contribution < -0.4 is 10.1 Å². The molecule has 1 heterocycles. The van der Waals surface area contributed by atoms with E-state index in [2.05, 4.69) is 15.3 Å². The van der Waals surface area contributed by atoms with Crippen LogP contribution in [-0.2, 0) is 0 Å². The Bertz CT molecular complexity index is 602. The van der Waals surface area contributed by atoms with Gasteiger partial charge < -0.3 is 15.2 Å². The van der Waals surface area contributed by atoms with Crippen LogP contribution in [0.1, 0.15) is 10.5 Å². The highest BCUT2D eigenvalue weighted by Gasteiger charge is 2.08. The molecule has 6 nitrogen and oxygen atoms in total. The van der Waals surface area contributed by atoms with Crippen LogP contribution in [0.5, 0.6) is 5.75 Å². The molecule has 0 atom stereocenters. The number of carboxylic acid groups (broad SMARTS) is 1. The van der Waals surface area contributed by atoms with Crippen molar-refractivity contribution in [2.75, 3.05) is 12.4 Å². The van der Waals surface area contributed by atoms with Crippen LogP contribution >= 0.6 is 0 Å². The maximum Gasteiger partial charge on any atom is 0.356 e. The molecule has 2 aromatic rings. The third-order valence-electron chi connectivity index (χ3n) is 2.30. The smallest absolute Gasteiger partial charge is 0.356 e. The summed E-state index contributed by atoms with van der Waals surface area (Å²) < 4.78 is 18.0. The summed E-state index contributed by atoms with van der Waals surface area (Å²) in [5.74, 6) is -0.938. The van der Waals surface area contributed by atoms with Crippen molar-refractivity contribution in [1.82, 2.24) is 9.97 Å². The summed E-state index contributed by atoms with van der Waals surface area (Å²) in [4.78, 5) is 18.2. The van der Waals surface area contributed by atoms with Crippen LogP contribution in [0.4, 0.5) is 15.9 Å². The molecule has 0 saturated heterocycles. The van der Waals surface area contributed by atoms with E-state index in [0.29, 0.717) is 17.3 Å². The zero-order chi connectivity index (χ0) is 13.8. The first-order chi connectivity index (χ1) is 9.10. The molecule has 2 N–H and O–H groups in total. The van der Waals surface area contributed by atoms with Gasteiger partial charge in [0.15, 0.2) is 5.69 Å². The molecule has 0 aliphatic heterocycles. The Hall–Kier alpha value is -2.70. The average Bonchev–Trinajstić information content (AvgIpc) is 2.41. The van der Waals surface area contributed by atoms with Crippen LogP contribution in [0.25, 0.3) is 0 Å². The van der Waals surface area contributed by atoms with Crippen LogP contribution in [0, 0.1) is 5.82 Å². The molecule has 0 aliphatic carbocycles. The Morgan fingerprint density at radius 2 is 2.16 bits per heavy atom. The molecule has 0 unspecified atom stereocenters. The van der Waals surface area contributed by atoms with E-state index in [0.717, 1.165) is 6.20 Å². The van der Waals surface area contributed by atoms with Crippen LogP contribution in [0.15, 0.2) is 30.6 Å². The number of rotatable bonds is 4. The van der Waals surface area contributed by atoms with Gasteiger partial charge >= 0.3 is 5.97 Å². The van der Waals surface area contributed by atoms with Gasteiger partial charge in [-0.15, -0.1) is 0 Å². The first-order valence-corrected chi connectivity index (χ1v) is 5.26. The van der Waals surface area contributed by atoms with E-state index < -0.39 is 11.8 Å². The lowest BCUT2D eigenvalue weighted by molar-refractivity contribution is 0.0690. The van der Waals surface area contributed by atoms with Gasteiger partial charge in [0.2, 0.25) is 0 Å². The van der Waals surface area contributed by atoms with Gasteiger partial charge in [-0.05, 0) is 12.1 Å². The number of nitrogens with zero attached hydrogens (tertiary/aromatic N) is 2. The minimum atomic E-state index is -1.15. The number of halogens is 1. The molecular weight excluding hydrogens is 253 g/mol. The maximum absolute atomic E-state index is 13.0. The van der Waals surface area contributed by atoms with Gasteiger partial charge in [0, 0.05) is 6.07 Å². The third kappa shape index (κ3) is 2.95. The zero-order valence-electron chi connectivity index (χ0n) is 9.92. The summed E-state index contributed by atoms with van der Waals surface area (Å²) in [6.07, 6.45) is 2.40. The third-order valence-corrected chi connectivity index (χ3v) is 2.30. The lowest BCUT2D eigenvalue weighted by Gasteiger charge is -2.10. The fraction of sp³-hybridized carbons (Fsp3) is 0.0833. The van der Waals surface area contributed by atoms with Crippen molar-refractivity contribution < 1.29 is 19.0 Å². The lowest BCUT2D eigenvalue weighted by Crippen LogP contribution is -2.03. The maximum atomic E-state index is 13.0. The highest BCUT2D eigenvalue weighted by molar-refractivity contribution is 5.85. The topological polar surface area (TPSA) is 84.3 Å². The number of hydrogen-bond donors (Lipinski definition) is 2. The molecule has 1 aromatic carbocycles. The van der Waals surface area contributed by atoms with Crippen molar-refractivity contribution in [3.05, 3.63) is 42.1 Å². The van der Waals surface area contributed by atoms with Gasteiger partial charge in [0.05, 0.1) is 25.2 Å². The molecule has 98 valence electrons. The molecule has 0 spiro atoms. The second-order valence-corrected chi connectivity index (χ2v) is 3.56. The standard InChI is InChI=1S/C12H10FN3O3/c1-19-10-4-7(13)2-3-8(10)16-11-6-14-9(5-15-11)12(17)18/h2-6H,1H3,(H,15,16)(H,17,18). The minimum absolute atomic E-state index is 0.156. The Morgan fingerprint density at radius 3 is 2.74 bits per heavy atom. The molecule has 0 aliphatic rings. The van der Waals surface area contributed by atoms with Crippen LogP contribution in [0.2, 0.25) is 0 Å². The fourth-order valence-corrected chi connectivity index (χ4v) is 1.41. The van der Waals surface area contributed by atoms with E-state index in [1.165, 1.54) is 31.5 Å². The Labute approximate surface area is 107 Å². The van der Waals surface area contributed by atoms with Gasteiger partial charge in [-0.2, -0.15) is 0 Å². The summed E-state index contributed by atoms with van der Waals surface area (Å²) >= 11 is 0. The number of aromatic nitrogens is 2. The first kappa shape index (κ1) is 12.7. The number of carbonyl (C=O) groups is 1. The number of benzene rings is 1. The van der Waals surface area contributed by atoms with E-state index in [-0.39, 0.29) is 5.69 Å². The van der Waals surface area contributed by atoms with E-state index >= 15 is 0 Å². The molecule has 2 rings (SSSR count). The average molecular weight is 263 g/mol. The second kappa shape index (κ2) is 5.30. The van der Waals surface area contributed by atoms with Gasteiger partial charge in [0.1, 0.15) is 17.4 Å². The van der Waals surface area contributed by atoms with Crippen molar-refractivity contribution >= 4 is 17.5 Å². The van der Waals surface area contributed by atoms with Crippen LogP contribution in [0.3, 0.4) is 0 Å². The zero-order valence-corrected chi connectivity index (χ0v) is 9.92. The Morgan fingerprint density at radius 1 is 1.37 bits per heavy atom. The molecule has 0 bridgehead atoms. The van der Waals surface area contributed by atoms with E-state index in [4.69, 9.17) is 9.84 Å². The molecule has 0 fully saturated rings. The van der Waals surface area contributed by atoms with Crippen molar-refractivity contribution in [2.24, 2.45) is 0 Å². The number of nitrogens with one attached hydrogen (secondary N) is 1. The molecule has 19 heavy (non-hydrogen) atoms. The summed E-state index contributed by atoms with van der Waals surface area (Å²) in [7, 11) is 1.42. The summed E-state index contributed by atoms with van der Waals surface area (Å²) in [5, 5.41) is 11.6. The van der Waals surface area contributed by atoms with E-state index in [1.807, 2.05) is 0 Å². The summed E-state index contributed by atoms with van der Waals surface area (Å²) in [5.41, 5.74) is 0.345. The van der Waals surface area contributed by atoms with Gasteiger partial charge in [-0.3, -0.25) is 0 Å². The molecule has 7 heteroatoms. The van der Waals surface area contributed by atoms with Gasteiger partial charge in [-0.1, -0.05) is 0 Å². The van der Waals surface area contributed by atoms with Crippen molar-refractivity contribution in [3.63, 3.8) is 0 Å². The van der Waals surface area contributed by atoms with Crippen molar-refractivity contribution in [2.45, 2.75) is 0 Å². The van der Waals surface area contributed by atoms with Crippen molar-refractivity contribution in [3.8, 4) is 5.75 Å². The van der Waals surface area contributed by atoms with E-state index in [9.17, 15) is 9.18 Å². The number of anilines is 2. The predicted molar refractivity (Wildman–Crippen MR) is 65.2 cm³/mol. The fourth-order valence-electron chi connectivity index (χ4n) is 1.41. The molecule has 1 aromatic heterocycles. The Balaban J connectivity index is 2.23. The van der Waals surface area contributed by atoms with Crippen molar-refractivity contribution in [1.29, 1.82) is 0 Å². The number of methoxy groups -OCH3 is 1. The largest absolute Gasteiger partial charge is 0.494 e. The summed E-state index contributed by atoms with van der Waals surface area (Å²) in [6, 6.07) is 3.98. The highest BCUT2D eigenvalue weighted by Crippen LogP contribution is 2.27. The monoisotopic (exact) mass is 263 g/mol. The number of hydrogen-bond acceptors (Lipinski definition) is 5. The lowest BCUT2D eigenvalue weighted by atomic mass is 10.3. The molecular formula is C12H10FN3O3. The number of aromatic carboxylic acids is 1. The SMILES string of the molecule is COc1cc(F)ccc1Nc1cnc(C(=O)O)cn1. The quantitative estimate of drug-likeness (QED) is 0.878. The first-order valence-electron chi connectivity index (χ1n) is 5.26. The second-order valence-electron chi connectivity index (χ2n) is 3.56. The summed E-state index contributed by atoms with van der Waals surface area (Å²) in [6.45, 7) is 0. The van der Waals surface area contributed by atoms with Crippen LogP contribution in [-0.4, -0.2) is 28.2 Å². The molecule has 0 amide bonds. The Kier molecular flexibility index (Phi) is 3.56.